The van der Waals surface area contributed by atoms with Gasteiger partial charge in [-0.1, -0.05) is 22.0 Å². The maximum Gasteiger partial charge on any atom is 0.249 e. The van der Waals surface area contributed by atoms with Crippen LogP contribution in [-0.4, -0.2) is 42.0 Å². The maximum absolute atomic E-state index is 12.3. The van der Waals surface area contributed by atoms with Crippen molar-refractivity contribution in [3.05, 3.63) is 69.3 Å². The third-order valence-electron chi connectivity index (χ3n) is 6.99. The van der Waals surface area contributed by atoms with Gasteiger partial charge in [0, 0.05) is 33.1 Å². The number of aromatic nitrogens is 1. The van der Waals surface area contributed by atoms with E-state index in [0.717, 1.165) is 58.1 Å². The second-order valence-corrected chi connectivity index (χ2v) is 9.76. The average molecular weight is 480 g/mol. The molecule has 2 aliphatic rings. The van der Waals surface area contributed by atoms with Crippen molar-refractivity contribution in [1.29, 1.82) is 0 Å². The number of nitrogens with zero attached hydrogens (tertiary/aromatic N) is 2. The van der Waals surface area contributed by atoms with E-state index in [-0.39, 0.29) is 5.41 Å². The van der Waals surface area contributed by atoms with E-state index in [9.17, 15) is 4.79 Å². The Balaban J connectivity index is 1.61. The minimum absolute atomic E-state index is 0.161. The number of benzene rings is 2. The minimum atomic E-state index is -0.415. The van der Waals surface area contributed by atoms with Gasteiger partial charge >= 0.3 is 0 Å². The molecule has 5 nitrogen and oxygen atoms in total. The number of primary amides is 1. The summed E-state index contributed by atoms with van der Waals surface area (Å²) in [5.74, 6) is 0.305. The summed E-state index contributed by atoms with van der Waals surface area (Å²) >= 11 is 3.66. The first-order valence-corrected chi connectivity index (χ1v) is 11.5. The number of pyridine rings is 1. The monoisotopic (exact) mass is 479 g/mol. The summed E-state index contributed by atoms with van der Waals surface area (Å²) in [7, 11) is 2.11. The number of rotatable bonds is 6. The highest BCUT2D eigenvalue weighted by Gasteiger charge is 2.48. The fraction of sp³-hybridized carbons (Fsp3) is 0.360. The topological polar surface area (TPSA) is 68.5 Å². The highest BCUT2D eigenvalue weighted by Crippen LogP contribution is 2.57. The van der Waals surface area contributed by atoms with E-state index in [1.54, 1.807) is 6.07 Å². The number of hydrogen-bond donors (Lipinski definition) is 1. The largest absolute Gasteiger partial charge is 0.492 e. The molecule has 3 aromatic rings. The van der Waals surface area contributed by atoms with Crippen molar-refractivity contribution in [3.8, 4) is 5.75 Å². The lowest BCUT2D eigenvalue weighted by molar-refractivity contribution is 0.0767. The predicted molar refractivity (Wildman–Crippen MR) is 126 cm³/mol. The summed E-state index contributed by atoms with van der Waals surface area (Å²) in [6, 6.07) is 12.7. The standard InChI is InChI=1S/C25H26BrN3O2/c1-15-20(24(27)30)12-18(31-14-17-5-9-29(17)2)13-21(15)25(6-7-25)22-10-16(26)11-23-19(22)4-3-8-28-23/h3-4,8,10-13,17H,5-7,9,14H2,1-2H3,(H2,27,30). The van der Waals surface area contributed by atoms with Crippen molar-refractivity contribution in [2.24, 2.45) is 5.73 Å². The molecular weight excluding hydrogens is 454 g/mol. The molecule has 31 heavy (non-hydrogen) atoms. The van der Waals surface area contributed by atoms with Crippen molar-refractivity contribution >= 4 is 32.7 Å². The lowest BCUT2D eigenvalue weighted by atomic mass is 9.82. The van der Waals surface area contributed by atoms with Crippen LogP contribution in [0.4, 0.5) is 0 Å². The van der Waals surface area contributed by atoms with Crippen LogP contribution in [0.15, 0.2) is 47.1 Å². The average Bonchev–Trinajstić information content (AvgIpc) is 3.54. The molecule has 2 heterocycles. The number of likely N-dealkylation sites (tertiary alicyclic amines) is 1. The number of fused-ring (bicyclic) bond motifs is 1. The lowest BCUT2D eigenvalue weighted by Crippen LogP contribution is -2.48. The van der Waals surface area contributed by atoms with Gasteiger partial charge in [-0.2, -0.15) is 0 Å². The Morgan fingerprint density at radius 3 is 2.74 bits per heavy atom. The molecule has 1 aliphatic carbocycles. The van der Waals surface area contributed by atoms with Crippen LogP contribution in [0.2, 0.25) is 0 Å². The zero-order valence-corrected chi connectivity index (χ0v) is 19.4. The van der Waals surface area contributed by atoms with E-state index < -0.39 is 5.91 Å². The van der Waals surface area contributed by atoms with Crippen LogP contribution in [0.1, 0.15) is 46.3 Å². The quantitative estimate of drug-likeness (QED) is 0.562. The first-order valence-electron chi connectivity index (χ1n) is 10.7. The van der Waals surface area contributed by atoms with Crippen LogP contribution in [0.5, 0.6) is 5.75 Å². The first kappa shape index (κ1) is 20.5. The van der Waals surface area contributed by atoms with Gasteiger partial charge in [0.25, 0.3) is 0 Å². The van der Waals surface area contributed by atoms with Gasteiger partial charge in [-0.05, 0) is 86.8 Å². The third-order valence-corrected chi connectivity index (χ3v) is 7.45. The Bertz CT molecular complexity index is 1190. The second kappa shape index (κ2) is 7.61. The van der Waals surface area contributed by atoms with Crippen molar-refractivity contribution in [1.82, 2.24) is 9.88 Å². The molecule has 1 amide bonds. The summed E-state index contributed by atoms with van der Waals surface area (Å²) in [6.07, 6.45) is 4.99. The highest BCUT2D eigenvalue weighted by molar-refractivity contribution is 9.10. The van der Waals surface area contributed by atoms with Crippen LogP contribution >= 0.6 is 15.9 Å². The molecule has 1 aliphatic heterocycles. The van der Waals surface area contributed by atoms with E-state index in [1.807, 2.05) is 25.3 Å². The van der Waals surface area contributed by atoms with Crippen LogP contribution in [0, 0.1) is 6.92 Å². The zero-order chi connectivity index (χ0) is 21.8. The summed E-state index contributed by atoms with van der Waals surface area (Å²) < 4.78 is 7.17. The molecule has 1 aromatic heterocycles. The molecule has 1 saturated heterocycles. The number of nitrogens with two attached hydrogens (primary N) is 1. The number of halogens is 1. The smallest absolute Gasteiger partial charge is 0.249 e. The van der Waals surface area contributed by atoms with Gasteiger partial charge in [-0.25, -0.2) is 0 Å². The Morgan fingerprint density at radius 1 is 1.29 bits per heavy atom. The van der Waals surface area contributed by atoms with E-state index in [4.69, 9.17) is 10.5 Å². The molecule has 0 radical (unpaired) electrons. The number of hydrogen-bond acceptors (Lipinski definition) is 4. The Labute approximate surface area is 190 Å². The van der Waals surface area contributed by atoms with Crippen molar-refractivity contribution in [2.75, 3.05) is 20.2 Å². The molecule has 0 bridgehead atoms. The molecule has 1 saturated carbocycles. The zero-order valence-electron chi connectivity index (χ0n) is 17.8. The van der Waals surface area contributed by atoms with Gasteiger partial charge in [0.1, 0.15) is 12.4 Å². The second-order valence-electron chi connectivity index (χ2n) is 8.85. The van der Waals surface area contributed by atoms with E-state index in [0.29, 0.717) is 18.2 Å². The summed E-state index contributed by atoms with van der Waals surface area (Å²) in [5.41, 5.74) is 10.4. The van der Waals surface area contributed by atoms with Gasteiger partial charge in [0.2, 0.25) is 5.91 Å². The summed E-state index contributed by atoms with van der Waals surface area (Å²) in [4.78, 5) is 19.1. The fourth-order valence-electron chi connectivity index (χ4n) is 4.85. The van der Waals surface area contributed by atoms with E-state index in [2.05, 4.69) is 51.1 Å². The number of carbonyl (C=O) groups excluding carboxylic acids is 1. The molecule has 6 heteroatoms. The van der Waals surface area contributed by atoms with Crippen LogP contribution in [0.25, 0.3) is 10.9 Å². The highest BCUT2D eigenvalue weighted by atomic mass is 79.9. The lowest BCUT2D eigenvalue weighted by Gasteiger charge is -2.37. The van der Waals surface area contributed by atoms with E-state index in [1.165, 1.54) is 5.56 Å². The Kier molecular flexibility index (Phi) is 5.02. The molecule has 0 spiro atoms. The minimum Gasteiger partial charge on any atom is -0.492 e. The van der Waals surface area contributed by atoms with Crippen LogP contribution < -0.4 is 10.5 Å². The predicted octanol–water partition coefficient (Wildman–Crippen LogP) is 4.57. The summed E-state index contributed by atoms with van der Waals surface area (Å²) in [5, 5.41) is 1.14. The van der Waals surface area contributed by atoms with Gasteiger partial charge in [-0.3, -0.25) is 14.7 Å². The summed E-state index contributed by atoms with van der Waals surface area (Å²) in [6.45, 7) is 3.72. The molecule has 2 N–H and O–H groups in total. The van der Waals surface area contributed by atoms with Gasteiger partial charge in [0.15, 0.2) is 0 Å². The van der Waals surface area contributed by atoms with Crippen molar-refractivity contribution in [3.63, 3.8) is 0 Å². The molecule has 5 rings (SSSR count). The molecule has 2 aromatic carbocycles. The number of carbonyl (C=O) groups is 1. The van der Waals surface area contributed by atoms with Gasteiger partial charge < -0.3 is 10.5 Å². The van der Waals surface area contributed by atoms with Gasteiger partial charge in [0.05, 0.1) is 5.52 Å². The molecule has 1 atom stereocenters. The number of likely N-dealkylation sites (N-methyl/N-ethyl adjacent to an activating group) is 1. The molecular formula is C25H26BrN3O2. The third kappa shape index (κ3) is 3.52. The maximum atomic E-state index is 12.3. The fourth-order valence-corrected chi connectivity index (χ4v) is 5.30. The Hall–Kier alpha value is -2.44. The first-order chi connectivity index (χ1) is 14.9. The molecule has 2 fully saturated rings. The van der Waals surface area contributed by atoms with Crippen LogP contribution in [-0.2, 0) is 5.41 Å². The number of amides is 1. The SMILES string of the molecule is Cc1c(C(N)=O)cc(OCC2CCN2C)cc1C1(c2cc(Br)cc3ncccc23)CC1. The van der Waals surface area contributed by atoms with Crippen molar-refractivity contribution in [2.45, 2.75) is 37.6 Å². The molecule has 160 valence electrons. The number of ether oxygens (including phenoxy) is 1. The normalized spacial score (nSPS) is 19.8. The van der Waals surface area contributed by atoms with Gasteiger partial charge in [-0.15, -0.1) is 0 Å². The van der Waals surface area contributed by atoms with Crippen molar-refractivity contribution < 1.29 is 9.53 Å². The molecule has 1 unspecified atom stereocenters. The van der Waals surface area contributed by atoms with E-state index >= 15 is 0 Å². The van der Waals surface area contributed by atoms with Crippen LogP contribution in [0.3, 0.4) is 0 Å². The Morgan fingerprint density at radius 2 is 2.10 bits per heavy atom.